The van der Waals surface area contributed by atoms with Crippen LogP contribution in [-0.4, -0.2) is 30.4 Å². The van der Waals surface area contributed by atoms with E-state index in [4.69, 9.17) is 5.73 Å². The molecule has 0 aromatic rings. The summed E-state index contributed by atoms with van der Waals surface area (Å²) in [4.78, 5) is 13.0. The quantitative estimate of drug-likeness (QED) is 0.664. The van der Waals surface area contributed by atoms with E-state index in [2.05, 4.69) is 0 Å². The fourth-order valence-corrected chi connectivity index (χ4v) is 1.82. The lowest BCUT2D eigenvalue weighted by Crippen LogP contribution is -2.41. The molecule has 1 saturated carbocycles. The van der Waals surface area contributed by atoms with Crippen molar-refractivity contribution in [3.8, 4) is 0 Å². The molecule has 0 aliphatic heterocycles. The van der Waals surface area contributed by atoms with Crippen LogP contribution < -0.4 is 5.73 Å². The van der Waals surface area contributed by atoms with Crippen LogP contribution in [0.3, 0.4) is 0 Å². The third-order valence-electron chi connectivity index (χ3n) is 2.69. The molecule has 2 N–H and O–H groups in total. The summed E-state index contributed by atoms with van der Waals surface area (Å²) in [7, 11) is 1.87. The Bertz CT molecular complexity index is 153. The maximum atomic E-state index is 11.2. The van der Waals surface area contributed by atoms with Gasteiger partial charge in [0.2, 0.25) is 5.91 Å². The minimum Gasteiger partial charge on any atom is -0.342 e. The molecule has 0 spiro atoms. The first-order chi connectivity index (χ1) is 5.75. The highest BCUT2D eigenvalue weighted by molar-refractivity contribution is 5.78. The predicted molar refractivity (Wildman–Crippen MR) is 48.7 cm³/mol. The van der Waals surface area contributed by atoms with Gasteiger partial charge in [-0.3, -0.25) is 4.79 Å². The summed E-state index contributed by atoms with van der Waals surface area (Å²) in [5.41, 5.74) is 5.29. The molecular weight excluding hydrogens is 152 g/mol. The van der Waals surface area contributed by atoms with Crippen LogP contribution in [0.25, 0.3) is 0 Å². The second kappa shape index (κ2) is 4.45. The van der Waals surface area contributed by atoms with Crippen molar-refractivity contribution in [1.82, 2.24) is 4.90 Å². The van der Waals surface area contributed by atoms with Crippen molar-refractivity contribution in [2.24, 2.45) is 5.73 Å². The second-order valence-electron chi connectivity index (χ2n) is 3.50. The van der Waals surface area contributed by atoms with Crippen molar-refractivity contribution in [3.63, 3.8) is 0 Å². The molecule has 12 heavy (non-hydrogen) atoms. The average Bonchev–Trinajstić information content (AvgIpc) is 2.17. The zero-order valence-electron chi connectivity index (χ0n) is 7.75. The molecule has 0 aromatic carbocycles. The summed E-state index contributed by atoms with van der Waals surface area (Å²) < 4.78 is 0. The first-order valence-electron chi connectivity index (χ1n) is 4.71. The molecule has 0 heterocycles. The van der Waals surface area contributed by atoms with E-state index in [1.165, 1.54) is 19.3 Å². The van der Waals surface area contributed by atoms with E-state index in [0.29, 0.717) is 6.04 Å². The topological polar surface area (TPSA) is 46.3 Å². The first-order valence-corrected chi connectivity index (χ1v) is 4.71. The molecule has 3 nitrogen and oxygen atoms in total. The lowest BCUT2D eigenvalue weighted by Gasteiger charge is -2.30. The zero-order chi connectivity index (χ0) is 8.97. The Morgan fingerprint density at radius 2 is 2.00 bits per heavy atom. The van der Waals surface area contributed by atoms with Gasteiger partial charge in [0.15, 0.2) is 0 Å². The number of nitrogens with zero attached hydrogens (tertiary/aromatic N) is 1. The van der Waals surface area contributed by atoms with Gasteiger partial charge in [-0.05, 0) is 12.8 Å². The van der Waals surface area contributed by atoms with Gasteiger partial charge < -0.3 is 10.6 Å². The Morgan fingerprint density at radius 3 is 2.50 bits per heavy atom. The number of amides is 1. The molecule has 1 aliphatic carbocycles. The van der Waals surface area contributed by atoms with E-state index in [1.54, 1.807) is 0 Å². The summed E-state index contributed by atoms with van der Waals surface area (Å²) >= 11 is 0. The molecule has 1 amide bonds. The fourth-order valence-electron chi connectivity index (χ4n) is 1.82. The molecule has 0 bridgehead atoms. The van der Waals surface area contributed by atoms with E-state index in [0.717, 1.165) is 12.8 Å². The van der Waals surface area contributed by atoms with E-state index < -0.39 is 0 Å². The zero-order valence-corrected chi connectivity index (χ0v) is 7.75. The standard InChI is InChI=1S/C9H18N2O/c1-11(9(12)7-10)8-5-3-2-4-6-8/h8H,2-7,10H2,1H3. The molecule has 3 heteroatoms. The van der Waals surface area contributed by atoms with Gasteiger partial charge in [0.05, 0.1) is 6.54 Å². The summed E-state index contributed by atoms with van der Waals surface area (Å²) in [6.45, 7) is 0.146. The predicted octanol–water partition coefficient (Wildman–Crippen LogP) is 0.736. The van der Waals surface area contributed by atoms with Gasteiger partial charge in [0.1, 0.15) is 0 Å². The largest absolute Gasteiger partial charge is 0.342 e. The normalized spacial score (nSPS) is 19.2. The Morgan fingerprint density at radius 1 is 1.42 bits per heavy atom. The Balaban J connectivity index is 2.39. The van der Waals surface area contributed by atoms with Crippen molar-refractivity contribution < 1.29 is 4.79 Å². The highest BCUT2D eigenvalue weighted by Gasteiger charge is 2.20. The van der Waals surface area contributed by atoms with Crippen LogP contribution >= 0.6 is 0 Å². The summed E-state index contributed by atoms with van der Waals surface area (Å²) in [6.07, 6.45) is 6.14. The smallest absolute Gasteiger partial charge is 0.236 e. The van der Waals surface area contributed by atoms with Gasteiger partial charge in [0.25, 0.3) is 0 Å². The number of carbonyl (C=O) groups is 1. The Kier molecular flexibility index (Phi) is 3.53. The number of carbonyl (C=O) groups excluding carboxylic acids is 1. The molecule has 0 atom stereocenters. The Hall–Kier alpha value is -0.570. The van der Waals surface area contributed by atoms with Gasteiger partial charge in [-0.25, -0.2) is 0 Å². The van der Waals surface area contributed by atoms with E-state index in [1.807, 2.05) is 11.9 Å². The van der Waals surface area contributed by atoms with Crippen molar-refractivity contribution >= 4 is 5.91 Å². The monoisotopic (exact) mass is 170 g/mol. The third-order valence-corrected chi connectivity index (χ3v) is 2.69. The average molecular weight is 170 g/mol. The Labute approximate surface area is 73.9 Å². The van der Waals surface area contributed by atoms with E-state index in [-0.39, 0.29) is 12.5 Å². The van der Waals surface area contributed by atoms with E-state index >= 15 is 0 Å². The lowest BCUT2D eigenvalue weighted by atomic mass is 9.94. The van der Waals surface area contributed by atoms with Crippen LogP contribution in [0, 0.1) is 0 Å². The number of rotatable bonds is 2. The summed E-state index contributed by atoms with van der Waals surface area (Å²) in [6, 6.07) is 0.454. The number of likely N-dealkylation sites (N-methyl/N-ethyl adjacent to an activating group) is 1. The van der Waals surface area contributed by atoms with Gasteiger partial charge in [-0.2, -0.15) is 0 Å². The van der Waals surface area contributed by atoms with Gasteiger partial charge in [-0.15, -0.1) is 0 Å². The minimum absolute atomic E-state index is 0.0712. The number of hydrogen-bond donors (Lipinski definition) is 1. The van der Waals surface area contributed by atoms with Crippen LogP contribution in [-0.2, 0) is 4.79 Å². The summed E-state index contributed by atoms with van der Waals surface area (Å²) in [5.74, 6) is 0.0712. The number of hydrogen-bond acceptors (Lipinski definition) is 2. The second-order valence-corrected chi connectivity index (χ2v) is 3.50. The van der Waals surface area contributed by atoms with Crippen LogP contribution in [0.15, 0.2) is 0 Å². The van der Waals surface area contributed by atoms with E-state index in [9.17, 15) is 4.79 Å². The highest BCUT2D eigenvalue weighted by Crippen LogP contribution is 2.21. The maximum absolute atomic E-state index is 11.2. The molecule has 0 saturated heterocycles. The molecule has 0 unspecified atom stereocenters. The summed E-state index contributed by atoms with van der Waals surface area (Å²) in [5, 5.41) is 0. The van der Waals surface area contributed by atoms with Gasteiger partial charge in [0, 0.05) is 13.1 Å². The van der Waals surface area contributed by atoms with Crippen molar-refractivity contribution in [2.45, 2.75) is 38.1 Å². The maximum Gasteiger partial charge on any atom is 0.236 e. The molecular formula is C9H18N2O. The molecule has 70 valence electrons. The van der Waals surface area contributed by atoms with Gasteiger partial charge in [-0.1, -0.05) is 19.3 Å². The first kappa shape index (κ1) is 9.52. The molecule has 1 rings (SSSR count). The van der Waals surface area contributed by atoms with Crippen molar-refractivity contribution in [2.75, 3.05) is 13.6 Å². The fraction of sp³-hybridized carbons (Fsp3) is 0.889. The SMILES string of the molecule is CN(C(=O)CN)C1CCCCC1. The molecule has 0 aromatic heterocycles. The molecule has 1 aliphatic rings. The molecule has 1 fully saturated rings. The number of nitrogens with two attached hydrogens (primary N) is 1. The van der Waals surface area contributed by atoms with Crippen molar-refractivity contribution in [3.05, 3.63) is 0 Å². The van der Waals surface area contributed by atoms with Crippen LogP contribution in [0.2, 0.25) is 0 Å². The highest BCUT2D eigenvalue weighted by atomic mass is 16.2. The lowest BCUT2D eigenvalue weighted by molar-refractivity contribution is -0.131. The van der Waals surface area contributed by atoms with Crippen LogP contribution in [0.5, 0.6) is 0 Å². The minimum atomic E-state index is 0.0712. The molecule has 0 radical (unpaired) electrons. The van der Waals surface area contributed by atoms with Crippen molar-refractivity contribution in [1.29, 1.82) is 0 Å². The van der Waals surface area contributed by atoms with Gasteiger partial charge >= 0.3 is 0 Å². The van der Waals surface area contributed by atoms with Crippen LogP contribution in [0.4, 0.5) is 0 Å². The third kappa shape index (κ3) is 2.21. The van der Waals surface area contributed by atoms with Crippen LogP contribution in [0.1, 0.15) is 32.1 Å².